The number of aryl methyl sites for hydroxylation is 2. The Kier molecular flexibility index (Phi) is 6.38. The van der Waals surface area contributed by atoms with Crippen molar-refractivity contribution < 1.29 is 24.5 Å². The molecule has 0 bridgehead atoms. The van der Waals surface area contributed by atoms with Gasteiger partial charge in [0.15, 0.2) is 5.75 Å². The molecule has 3 N–H and O–H groups in total. The fourth-order valence-corrected chi connectivity index (χ4v) is 4.78. The summed E-state index contributed by atoms with van der Waals surface area (Å²) in [7, 11) is 2.07. The minimum Gasteiger partial charge on any atom is -0.504 e. The molecule has 0 radical (unpaired) electrons. The van der Waals surface area contributed by atoms with E-state index >= 15 is 0 Å². The number of nitrogens with one attached hydrogen (secondary N) is 1. The first-order valence-corrected chi connectivity index (χ1v) is 10.7. The Labute approximate surface area is 195 Å². The summed E-state index contributed by atoms with van der Waals surface area (Å²) >= 11 is 0. The van der Waals surface area contributed by atoms with E-state index in [0.717, 1.165) is 67.7 Å². The number of H-pyrrole nitrogens is 1. The third-order valence-electron chi connectivity index (χ3n) is 6.44. The van der Waals surface area contributed by atoms with Crippen molar-refractivity contribution in [1.82, 2.24) is 14.5 Å². The number of aromatic hydroxyl groups is 1. The lowest BCUT2D eigenvalue weighted by Gasteiger charge is -2.26. The maximum absolute atomic E-state index is 12.5. The highest BCUT2D eigenvalue weighted by atomic mass is 35.5. The highest BCUT2D eigenvalue weighted by Crippen LogP contribution is 2.40. The largest absolute Gasteiger partial charge is 0.511 e. The highest BCUT2D eigenvalue weighted by molar-refractivity contribution is 5.89. The van der Waals surface area contributed by atoms with Crippen LogP contribution in [0.1, 0.15) is 23.2 Å². The quantitative estimate of drug-likeness (QED) is 0.498. The average molecular weight is 476 g/mol. The van der Waals surface area contributed by atoms with Crippen molar-refractivity contribution >= 4 is 29.5 Å². The van der Waals surface area contributed by atoms with Crippen LogP contribution in [0, 0.1) is 0 Å². The molecule has 0 saturated carbocycles. The molecule has 1 aromatic carbocycles. The van der Waals surface area contributed by atoms with E-state index in [1.54, 1.807) is 0 Å². The number of carbonyl (C=O) groups is 1. The van der Waals surface area contributed by atoms with Gasteiger partial charge in [0.2, 0.25) is 5.75 Å². The summed E-state index contributed by atoms with van der Waals surface area (Å²) in [4.78, 5) is 28.6. The molecule has 2 aliphatic rings. The van der Waals surface area contributed by atoms with Crippen molar-refractivity contribution in [3.63, 3.8) is 0 Å². The summed E-state index contributed by atoms with van der Waals surface area (Å²) in [5.41, 5.74) is 4.51. The molecule has 0 unspecified atom stereocenters. The van der Waals surface area contributed by atoms with Gasteiger partial charge in [-0.15, -0.1) is 12.4 Å². The molecular weight excluding hydrogens is 450 g/mol. The van der Waals surface area contributed by atoms with Crippen molar-refractivity contribution in [1.29, 1.82) is 0 Å². The number of pyridine rings is 1. The molecule has 5 rings (SSSR count). The zero-order valence-electron chi connectivity index (χ0n) is 18.2. The zero-order chi connectivity index (χ0) is 22.4. The van der Waals surface area contributed by atoms with Crippen LogP contribution in [-0.4, -0.2) is 57.1 Å². The molecule has 1 saturated heterocycles. The Morgan fingerprint density at radius 1 is 1.21 bits per heavy atom. The maximum atomic E-state index is 12.5. The average Bonchev–Trinajstić information content (AvgIpc) is 2.95. The second-order valence-corrected chi connectivity index (χ2v) is 8.36. The molecule has 1 fully saturated rings. The van der Waals surface area contributed by atoms with Gasteiger partial charge in [0, 0.05) is 54.4 Å². The first-order valence-electron chi connectivity index (χ1n) is 10.7. The number of aromatic nitrogens is 2. The fourth-order valence-electron chi connectivity index (χ4n) is 4.78. The lowest BCUT2D eigenvalue weighted by molar-refractivity contribution is 0.0333. The van der Waals surface area contributed by atoms with E-state index in [-0.39, 0.29) is 12.4 Å². The van der Waals surface area contributed by atoms with Crippen LogP contribution in [0.25, 0.3) is 22.2 Å². The van der Waals surface area contributed by atoms with Gasteiger partial charge in [-0.05, 0) is 43.0 Å². The van der Waals surface area contributed by atoms with Gasteiger partial charge in [0.05, 0.1) is 18.9 Å². The standard InChI is InChI=1S/C23H25N3O6.ClH/c1-25-15(12-26-5-7-31-8-6-26)9-14-10-17-13(11-18(14)25)3-2-4-16-19(17)24-22(28)21(20(16)27)32-23(29)30;/h9-11H,2-8,12H2,1H3,(H,29,30)(H2,24,27,28);1H. The zero-order valence-corrected chi connectivity index (χ0v) is 19.0. The van der Waals surface area contributed by atoms with Crippen molar-refractivity contribution in [3.05, 3.63) is 45.4 Å². The Morgan fingerprint density at radius 3 is 2.70 bits per heavy atom. The summed E-state index contributed by atoms with van der Waals surface area (Å²) in [5.74, 6) is -0.978. The van der Waals surface area contributed by atoms with Gasteiger partial charge in [-0.2, -0.15) is 0 Å². The Morgan fingerprint density at radius 2 is 1.97 bits per heavy atom. The molecule has 0 spiro atoms. The Hall–Kier alpha value is -3.01. The second-order valence-electron chi connectivity index (χ2n) is 8.36. The highest BCUT2D eigenvalue weighted by Gasteiger charge is 2.25. The van der Waals surface area contributed by atoms with Gasteiger partial charge < -0.3 is 29.2 Å². The van der Waals surface area contributed by atoms with Crippen molar-refractivity contribution in [2.24, 2.45) is 7.05 Å². The summed E-state index contributed by atoms with van der Waals surface area (Å²) in [6.07, 6.45) is 0.392. The minimum absolute atomic E-state index is 0. The Bertz CT molecular complexity index is 1280. The van der Waals surface area contributed by atoms with E-state index in [1.807, 2.05) is 6.07 Å². The van der Waals surface area contributed by atoms with Crippen LogP contribution in [-0.2, 0) is 31.2 Å². The van der Waals surface area contributed by atoms with Crippen LogP contribution in [0.15, 0.2) is 23.0 Å². The van der Waals surface area contributed by atoms with E-state index < -0.39 is 23.2 Å². The third-order valence-corrected chi connectivity index (χ3v) is 6.44. The monoisotopic (exact) mass is 475 g/mol. The first kappa shape index (κ1) is 23.2. The van der Waals surface area contributed by atoms with Crippen LogP contribution in [0.3, 0.4) is 0 Å². The summed E-state index contributed by atoms with van der Waals surface area (Å²) in [6, 6.07) is 6.36. The van der Waals surface area contributed by atoms with Crippen LogP contribution in [0.5, 0.6) is 11.5 Å². The molecule has 9 nitrogen and oxygen atoms in total. The smallest absolute Gasteiger partial charge is 0.504 e. The maximum Gasteiger partial charge on any atom is 0.511 e. The van der Waals surface area contributed by atoms with Crippen LogP contribution < -0.4 is 10.3 Å². The lowest BCUT2D eigenvalue weighted by atomic mass is 9.99. The number of rotatable bonds is 3. The number of aromatic amines is 1. The van der Waals surface area contributed by atoms with Gasteiger partial charge in [-0.25, -0.2) is 4.79 Å². The molecule has 1 aliphatic carbocycles. The van der Waals surface area contributed by atoms with E-state index in [4.69, 9.17) is 9.84 Å². The van der Waals surface area contributed by atoms with Gasteiger partial charge in [-0.3, -0.25) is 9.69 Å². The van der Waals surface area contributed by atoms with Crippen LogP contribution in [0.4, 0.5) is 4.79 Å². The normalized spacial score (nSPS) is 15.9. The SMILES string of the molecule is Cl.Cn1c(CN2CCOCC2)cc2cc3c(cc21)CCCc1c-3[nH]c(=O)c(OC(=O)O)c1O. The molecule has 10 heteroatoms. The summed E-state index contributed by atoms with van der Waals surface area (Å²) in [5, 5.41) is 20.6. The lowest BCUT2D eigenvalue weighted by Crippen LogP contribution is -2.36. The summed E-state index contributed by atoms with van der Waals surface area (Å²) < 4.78 is 12.2. The number of benzene rings is 1. The van der Waals surface area contributed by atoms with Gasteiger partial charge in [0.25, 0.3) is 5.56 Å². The third kappa shape index (κ3) is 4.19. The molecule has 1 aliphatic heterocycles. The number of halogens is 1. The van der Waals surface area contributed by atoms with E-state index in [9.17, 15) is 14.7 Å². The van der Waals surface area contributed by atoms with E-state index in [1.165, 1.54) is 5.69 Å². The number of fused-ring (bicyclic) bond motifs is 4. The molecule has 0 amide bonds. The minimum atomic E-state index is -1.64. The number of nitrogens with zero attached hydrogens (tertiary/aromatic N) is 2. The molecular formula is C23H26ClN3O6. The summed E-state index contributed by atoms with van der Waals surface area (Å²) in [6.45, 7) is 4.15. The predicted octanol–water partition coefficient (Wildman–Crippen LogP) is 3.04. The van der Waals surface area contributed by atoms with Crippen molar-refractivity contribution in [3.8, 4) is 22.8 Å². The number of hydrogen-bond acceptors (Lipinski definition) is 6. The number of morpholine rings is 1. The van der Waals surface area contributed by atoms with Crippen LogP contribution in [0.2, 0.25) is 0 Å². The Balaban J connectivity index is 0.00000259. The molecule has 33 heavy (non-hydrogen) atoms. The second kappa shape index (κ2) is 9.09. The van der Waals surface area contributed by atoms with Crippen LogP contribution >= 0.6 is 12.4 Å². The molecule has 2 aromatic heterocycles. The number of hydrogen-bond donors (Lipinski definition) is 3. The van der Waals surface area contributed by atoms with Gasteiger partial charge in [-0.1, -0.05) is 0 Å². The molecule has 3 aromatic rings. The number of ether oxygens (including phenoxy) is 2. The van der Waals surface area contributed by atoms with Gasteiger partial charge >= 0.3 is 6.16 Å². The topological polar surface area (TPSA) is 117 Å². The first-order chi connectivity index (χ1) is 15.4. The molecule has 0 atom stereocenters. The number of carboxylic acid groups (broad SMARTS) is 1. The van der Waals surface area contributed by atoms with Crippen molar-refractivity contribution in [2.45, 2.75) is 25.8 Å². The van der Waals surface area contributed by atoms with E-state index in [2.05, 4.69) is 38.4 Å². The van der Waals surface area contributed by atoms with Gasteiger partial charge in [0.1, 0.15) is 0 Å². The molecule has 3 heterocycles. The predicted molar refractivity (Wildman–Crippen MR) is 125 cm³/mol. The fraction of sp³-hybridized carbons (Fsp3) is 0.391. The van der Waals surface area contributed by atoms with Crippen molar-refractivity contribution in [2.75, 3.05) is 26.3 Å². The molecule has 176 valence electrons. The van der Waals surface area contributed by atoms with E-state index in [0.29, 0.717) is 17.7 Å².